The fraction of sp³-hybridized carbons (Fsp3) is 0.400. The summed E-state index contributed by atoms with van der Waals surface area (Å²) in [6.45, 7) is 1.97. The van der Waals surface area contributed by atoms with Crippen LogP contribution in [0.1, 0.15) is 31.8 Å². The van der Waals surface area contributed by atoms with Gasteiger partial charge in [0.15, 0.2) is 11.5 Å². The van der Waals surface area contributed by atoms with Gasteiger partial charge in [0, 0.05) is 25.5 Å². The Morgan fingerprint density at radius 1 is 1.32 bits per heavy atom. The molecule has 0 bridgehead atoms. The van der Waals surface area contributed by atoms with Crippen molar-refractivity contribution in [2.24, 2.45) is 5.92 Å². The summed E-state index contributed by atoms with van der Waals surface area (Å²) in [5.41, 5.74) is 0.754. The maximum Gasteiger partial charge on any atom is 0.319 e. The fourth-order valence-corrected chi connectivity index (χ4v) is 2.39. The Hall–Kier alpha value is -2.90. The molecule has 0 aliphatic carbocycles. The molecule has 1 aromatic carbocycles. The molecule has 6 nitrogen and oxygen atoms in total. The first kappa shape index (κ1) is 21.4. The molecule has 28 heavy (non-hydrogen) atoms. The third-order valence-electron chi connectivity index (χ3n) is 3.89. The molecular formula is C20H25F2N3O3. The third kappa shape index (κ3) is 5.80. The van der Waals surface area contributed by atoms with Crippen molar-refractivity contribution in [3.05, 3.63) is 48.1 Å². The first-order chi connectivity index (χ1) is 13.3. The van der Waals surface area contributed by atoms with Gasteiger partial charge in [-0.1, -0.05) is 19.9 Å². The van der Waals surface area contributed by atoms with Crippen LogP contribution < -0.4 is 9.47 Å². The van der Waals surface area contributed by atoms with E-state index in [0.717, 1.165) is 10.1 Å². The predicted octanol–water partition coefficient (Wildman–Crippen LogP) is 3.99. The number of nitrogens with zero attached hydrogens (tertiary/aromatic N) is 3. The van der Waals surface area contributed by atoms with Crippen LogP contribution in [0.2, 0.25) is 0 Å². The number of likely N-dealkylation sites (N-methyl/N-ethyl adjacent to an activating group) is 1. The van der Waals surface area contributed by atoms with Gasteiger partial charge >= 0.3 is 6.55 Å². The highest BCUT2D eigenvalue weighted by molar-refractivity contribution is 5.91. The maximum atomic E-state index is 12.9. The lowest BCUT2D eigenvalue weighted by Gasteiger charge is -2.16. The molecule has 1 amide bonds. The summed E-state index contributed by atoms with van der Waals surface area (Å²) in [5, 5.41) is 0. The summed E-state index contributed by atoms with van der Waals surface area (Å²) in [4.78, 5) is 17.5. The average molecular weight is 393 g/mol. The SMILES string of the molecule is COc1cc(/C=C/C(=O)N(C)Cc2nccn2C(F)F)ccc1OCC(C)C. The summed E-state index contributed by atoms with van der Waals surface area (Å²) < 4.78 is 37.5. The van der Waals surface area contributed by atoms with Gasteiger partial charge in [0.25, 0.3) is 0 Å². The Kier molecular flexibility index (Phi) is 7.54. The second-order valence-electron chi connectivity index (χ2n) is 6.67. The number of benzene rings is 1. The Bertz CT molecular complexity index is 819. The van der Waals surface area contributed by atoms with Crippen molar-refractivity contribution in [3.63, 3.8) is 0 Å². The minimum atomic E-state index is -2.69. The van der Waals surface area contributed by atoms with Crippen LogP contribution in [0.15, 0.2) is 36.7 Å². The zero-order valence-corrected chi connectivity index (χ0v) is 16.4. The number of rotatable bonds is 9. The van der Waals surface area contributed by atoms with Gasteiger partial charge in [-0.15, -0.1) is 0 Å². The van der Waals surface area contributed by atoms with Gasteiger partial charge in [0.05, 0.1) is 20.3 Å². The Morgan fingerprint density at radius 2 is 2.07 bits per heavy atom. The van der Waals surface area contributed by atoms with Gasteiger partial charge in [-0.3, -0.25) is 9.36 Å². The topological polar surface area (TPSA) is 56.6 Å². The summed E-state index contributed by atoms with van der Waals surface area (Å²) in [6.07, 6.45) is 5.47. The van der Waals surface area contributed by atoms with E-state index in [2.05, 4.69) is 18.8 Å². The van der Waals surface area contributed by atoms with Gasteiger partial charge < -0.3 is 14.4 Å². The van der Waals surface area contributed by atoms with Crippen LogP contribution in [-0.2, 0) is 11.3 Å². The van der Waals surface area contributed by atoms with Crippen molar-refractivity contribution in [1.29, 1.82) is 0 Å². The first-order valence-corrected chi connectivity index (χ1v) is 8.85. The minimum Gasteiger partial charge on any atom is -0.493 e. The fourth-order valence-electron chi connectivity index (χ4n) is 2.39. The minimum absolute atomic E-state index is 0.0220. The standard InChI is InChI=1S/C20H25F2N3O3/c1-14(2)13-28-16-7-5-15(11-17(16)27-4)6-8-19(26)24(3)12-18-23-9-10-25(18)20(21)22/h5-11,14,20H,12-13H2,1-4H3/b8-6+. The summed E-state index contributed by atoms with van der Waals surface area (Å²) >= 11 is 0. The number of carbonyl (C=O) groups is 1. The average Bonchev–Trinajstić information content (AvgIpc) is 3.12. The number of hydrogen-bond acceptors (Lipinski definition) is 4. The normalized spacial score (nSPS) is 11.4. The second kappa shape index (κ2) is 9.87. The monoisotopic (exact) mass is 393 g/mol. The number of imidazole rings is 1. The van der Waals surface area contributed by atoms with E-state index in [0.29, 0.717) is 24.0 Å². The van der Waals surface area contributed by atoms with Crippen LogP contribution in [0.3, 0.4) is 0 Å². The number of methoxy groups -OCH3 is 1. The summed E-state index contributed by atoms with van der Waals surface area (Å²) in [7, 11) is 3.08. The van der Waals surface area contributed by atoms with E-state index in [9.17, 15) is 13.6 Å². The van der Waals surface area contributed by atoms with Crippen molar-refractivity contribution < 1.29 is 23.0 Å². The van der Waals surface area contributed by atoms with Gasteiger partial charge in [0.1, 0.15) is 5.82 Å². The van der Waals surface area contributed by atoms with Crippen LogP contribution in [0, 0.1) is 5.92 Å². The van der Waals surface area contributed by atoms with Crippen molar-refractivity contribution in [2.75, 3.05) is 20.8 Å². The highest BCUT2D eigenvalue weighted by atomic mass is 19.3. The number of hydrogen-bond donors (Lipinski definition) is 0. The van der Waals surface area contributed by atoms with E-state index < -0.39 is 6.55 Å². The number of ether oxygens (including phenoxy) is 2. The molecule has 152 valence electrons. The van der Waals surface area contributed by atoms with E-state index in [4.69, 9.17) is 9.47 Å². The zero-order chi connectivity index (χ0) is 20.7. The number of carbonyl (C=O) groups excluding carboxylic acids is 1. The van der Waals surface area contributed by atoms with Crippen molar-refractivity contribution in [2.45, 2.75) is 26.9 Å². The number of halogens is 2. The van der Waals surface area contributed by atoms with Crippen LogP contribution in [-0.4, -0.2) is 41.1 Å². The molecule has 0 fully saturated rings. The predicted molar refractivity (Wildman–Crippen MR) is 102 cm³/mol. The molecule has 0 spiro atoms. The van der Waals surface area contributed by atoms with Crippen LogP contribution in [0.5, 0.6) is 11.5 Å². The van der Waals surface area contributed by atoms with Crippen molar-refractivity contribution >= 4 is 12.0 Å². The van der Waals surface area contributed by atoms with Crippen molar-refractivity contribution in [1.82, 2.24) is 14.5 Å². The number of alkyl halides is 2. The molecule has 0 N–H and O–H groups in total. The third-order valence-corrected chi connectivity index (χ3v) is 3.89. The molecule has 0 atom stereocenters. The van der Waals surface area contributed by atoms with E-state index in [1.165, 1.54) is 30.4 Å². The molecule has 0 aliphatic rings. The summed E-state index contributed by atoms with van der Waals surface area (Å²) in [6, 6.07) is 5.36. The van der Waals surface area contributed by atoms with Crippen LogP contribution >= 0.6 is 0 Å². The molecule has 1 aromatic heterocycles. The molecule has 0 saturated carbocycles. The molecule has 8 heteroatoms. The number of aromatic nitrogens is 2. The molecule has 2 aromatic rings. The molecule has 0 radical (unpaired) electrons. The highest BCUT2D eigenvalue weighted by Gasteiger charge is 2.15. The highest BCUT2D eigenvalue weighted by Crippen LogP contribution is 2.29. The molecule has 0 aliphatic heterocycles. The second-order valence-corrected chi connectivity index (χ2v) is 6.67. The Morgan fingerprint density at radius 3 is 2.71 bits per heavy atom. The lowest BCUT2D eigenvalue weighted by Crippen LogP contribution is -2.26. The van der Waals surface area contributed by atoms with Gasteiger partial charge in [-0.05, 0) is 29.7 Å². The van der Waals surface area contributed by atoms with Gasteiger partial charge in [0.2, 0.25) is 5.91 Å². The van der Waals surface area contributed by atoms with Crippen LogP contribution in [0.25, 0.3) is 6.08 Å². The van der Waals surface area contributed by atoms with Gasteiger partial charge in [-0.2, -0.15) is 8.78 Å². The lowest BCUT2D eigenvalue weighted by molar-refractivity contribution is -0.125. The molecule has 2 rings (SSSR count). The Labute approximate surface area is 163 Å². The first-order valence-electron chi connectivity index (χ1n) is 8.85. The van der Waals surface area contributed by atoms with E-state index in [1.54, 1.807) is 25.3 Å². The molecule has 1 heterocycles. The van der Waals surface area contributed by atoms with Gasteiger partial charge in [-0.25, -0.2) is 4.98 Å². The molecule has 0 unspecified atom stereocenters. The maximum absolute atomic E-state index is 12.9. The van der Waals surface area contributed by atoms with Crippen LogP contribution in [0.4, 0.5) is 8.78 Å². The van der Waals surface area contributed by atoms with Crippen molar-refractivity contribution in [3.8, 4) is 11.5 Å². The van der Waals surface area contributed by atoms with E-state index >= 15 is 0 Å². The molecule has 0 saturated heterocycles. The zero-order valence-electron chi connectivity index (χ0n) is 16.4. The largest absolute Gasteiger partial charge is 0.493 e. The van der Waals surface area contributed by atoms with E-state index in [1.807, 2.05) is 6.07 Å². The summed E-state index contributed by atoms with van der Waals surface area (Å²) in [5.74, 6) is 1.38. The Balaban J connectivity index is 2.03. The lowest BCUT2D eigenvalue weighted by atomic mass is 10.2. The smallest absolute Gasteiger partial charge is 0.319 e. The van der Waals surface area contributed by atoms with E-state index in [-0.39, 0.29) is 18.3 Å². The quantitative estimate of drug-likeness (QED) is 0.605. The number of amides is 1. The molecular weight excluding hydrogens is 368 g/mol.